The predicted molar refractivity (Wildman–Crippen MR) is 58.3 cm³/mol. The molecule has 84 valence electrons. The van der Waals surface area contributed by atoms with Crippen molar-refractivity contribution in [2.45, 2.75) is 39.0 Å². The molecule has 4 heteroatoms. The average molecular weight is 209 g/mol. The second-order valence-corrected chi connectivity index (χ2v) is 4.14. The molecule has 0 unspecified atom stereocenters. The van der Waals surface area contributed by atoms with Gasteiger partial charge >= 0.3 is 0 Å². The molecule has 1 aliphatic carbocycles. The highest BCUT2D eigenvalue weighted by Crippen LogP contribution is 2.29. The Bertz CT molecular complexity index is 305. The molecule has 1 aromatic rings. The van der Waals surface area contributed by atoms with E-state index in [4.69, 9.17) is 10.5 Å². The van der Waals surface area contributed by atoms with Crippen LogP contribution in [0, 0.1) is 5.92 Å². The van der Waals surface area contributed by atoms with Crippen molar-refractivity contribution in [3.8, 4) is 0 Å². The van der Waals surface area contributed by atoms with Crippen molar-refractivity contribution in [1.29, 1.82) is 0 Å². The number of imidazole rings is 1. The molecular formula is C11H19N3O. The molecule has 1 aliphatic rings. The summed E-state index contributed by atoms with van der Waals surface area (Å²) in [5.74, 6) is 1.70. The van der Waals surface area contributed by atoms with Crippen LogP contribution in [0.15, 0.2) is 12.4 Å². The fourth-order valence-electron chi connectivity index (χ4n) is 1.96. The van der Waals surface area contributed by atoms with Gasteiger partial charge in [-0.3, -0.25) is 0 Å². The summed E-state index contributed by atoms with van der Waals surface area (Å²) in [5, 5.41) is 0. The highest BCUT2D eigenvalue weighted by molar-refractivity contribution is 4.91. The van der Waals surface area contributed by atoms with Crippen molar-refractivity contribution >= 4 is 0 Å². The molecule has 0 spiro atoms. The summed E-state index contributed by atoms with van der Waals surface area (Å²) in [6.07, 6.45) is 6.45. The van der Waals surface area contributed by atoms with Gasteiger partial charge in [0.15, 0.2) is 0 Å². The van der Waals surface area contributed by atoms with E-state index in [0.717, 1.165) is 31.8 Å². The van der Waals surface area contributed by atoms with Crippen molar-refractivity contribution in [2.75, 3.05) is 6.54 Å². The van der Waals surface area contributed by atoms with E-state index >= 15 is 0 Å². The van der Waals surface area contributed by atoms with Gasteiger partial charge in [-0.1, -0.05) is 0 Å². The molecule has 1 fully saturated rings. The van der Waals surface area contributed by atoms with E-state index in [0.29, 0.717) is 18.6 Å². The molecule has 1 saturated carbocycles. The number of nitrogens with two attached hydrogens (primary N) is 1. The molecule has 0 atom stereocenters. The first-order chi connectivity index (χ1) is 7.33. The van der Waals surface area contributed by atoms with E-state index < -0.39 is 0 Å². The molecular weight excluding hydrogens is 190 g/mol. The lowest BCUT2D eigenvalue weighted by atomic mass is 9.82. The number of ether oxygens (including phenoxy) is 1. The van der Waals surface area contributed by atoms with Gasteiger partial charge in [0, 0.05) is 18.9 Å². The second-order valence-electron chi connectivity index (χ2n) is 4.14. The summed E-state index contributed by atoms with van der Waals surface area (Å²) in [5.41, 5.74) is 5.56. The largest absolute Gasteiger partial charge is 0.370 e. The highest BCUT2D eigenvalue weighted by atomic mass is 16.5. The predicted octanol–water partition coefficient (Wildman–Crippen LogP) is 1.16. The normalized spacial score (nSPS) is 25.2. The molecule has 2 rings (SSSR count). The maximum atomic E-state index is 5.76. The van der Waals surface area contributed by atoms with Crippen LogP contribution in [-0.4, -0.2) is 22.2 Å². The van der Waals surface area contributed by atoms with Crippen LogP contribution in [0.5, 0.6) is 0 Å². The molecule has 0 aliphatic heterocycles. The molecule has 1 heterocycles. The molecule has 0 amide bonds. The molecule has 0 bridgehead atoms. The number of rotatable bonds is 5. The first-order valence-corrected chi connectivity index (χ1v) is 5.65. The van der Waals surface area contributed by atoms with Crippen LogP contribution in [0.1, 0.15) is 25.6 Å². The summed E-state index contributed by atoms with van der Waals surface area (Å²) in [7, 11) is 0. The third-order valence-electron chi connectivity index (χ3n) is 3.12. The molecule has 0 aromatic carbocycles. The van der Waals surface area contributed by atoms with Crippen LogP contribution in [-0.2, 0) is 17.9 Å². The quantitative estimate of drug-likeness (QED) is 0.791. The fourth-order valence-corrected chi connectivity index (χ4v) is 1.96. The molecule has 0 radical (unpaired) electrons. The Balaban J connectivity index is 1.75. The zero-order valence-electron chi connectivity index (χ0n) is 9.22. The minimum atomic E-state index is 0.403. The maximum absolute atomic E-state index is 5.76. The van der Waals surface area contributed by atoms with Crippen LogP contribution in [0.3, 0.4) is 0 Å². The Labute approximate surface area is 90.4 Å². The molecule has 4 nitrogen and oxygen atoms in total. The zero-order valence-corrected chi connectivity index (χ0v) is 9.22. The van der Waals surface area contributed by atoms with E-state index in [1.807, 2.05) is 12.4 Å². The Morgan fingerprint density at radius 2 is 2.40 bits per heavy atom. The van der Waals surface area contributed by atoms with Crippen LogP contribution in [0.2, 0.25) is 0 Å². The van der Waals surface area contributed by atoms with Crippen molar-refractivity contribution in [3.05, 3.63) is 18.2 Å². The lowest BCUT2D eigenvalue weighted by molar-refractivity contribution is -0.0408. The van der Waals surface area contributed by atoms with Crippen molar-refractivity contribution in [2.24, 2.45) is 11.7 Å². The maximum Gasteiger partial charge on any atom is 0.134 e. The van der Waals surface area contributed by atoms with Crippen molar-refractivity contribution in [1.82, 2.24) is 9.55 Å². The summed E-state index contributed by atoms with van der Waals surface area (Å²) in [6, 6.07) is 0. The Morgan fingerprint density at radius 3 is 3.07 bits per heavy atom. The van der Waals surface area contributed by atoms with Gasteiger partial charge in [-0.05, 0) is 32.2 Å². The monoisotopic (exact) mass is 209 g/mol. The Morgan fingerprint density at radius 1 is 1.60 bits per heavy atom. The van der Waals surface area contributed by atoms with E-state index in [1.165, 1.54) is 0 Å². The molecule has 15 heavy (non-hydrogen) atoms. The van der Waals surface area contributed by atoms with Crippen LogP contribution in [0.25, 0.3) is 0 Å². The summed E-state index contributed by atoms with van der Waals surface area (Å²) < 4.78 is 7.87. The molecule has 1 aromatic heterocycles. The van der Waals surface area contributed by atoms with E-state index in [1.54, 1.807) is 0 Å². The Hall–Kier alpha value is -0.870. The average Bonchev–Trinajstić information content (AvgIpc) is 2.63. The first-order valence-electron chi connectivity index (χ1n) is 5.65. The molecule has 2 N–H and O–H groups in total. The number of hydrogen-bond acceptors (Lipinski definition) is 3. The minimum absolute atomic E-state index is 0.403. The fraction of sp³-hybridized carbons (Fsp3) is 0.727. The van der Waals surface area contributed by atoms with Gasteiger partial charge < -0.3 is 15.0 Å². The summed E-state index contributed by atoms with van der Waals surface area (Å²) in [4.78, 5) is 4.27. The van der Waals surface area contributed by atoms with Gasteiger partial charge in [-0.2, -0.15) is 0 Å². The highest BCUT2D eigenvalue weighted by Gasteiger charge is 2.28. The van der Waals surface area contributed by atoms with Crippen LogP contribution in [0.4, 0.5) is 0 Å². The van der Waals surface area contributed by atoms with Gasteiger partial charge in [0.2, 0.25) is 0 Å². The number of aryl methyl sites for hydroxylation is 1. The number of hydrogen-bond donors (Lipinski definition) is 1. The van der Waals surface area contributed by atoms with E-state index in [9.17, 15) is 0 Å². The Kier molecular flexibility index (Phi) is 3.38. The van der Waals surface area contributed by atoms with Gasteiger partial charge in [-0.25, -0.2) is 4.98 Å². The smallest absolute Gasteiger partial charge is 0.134 e. The van der Waals surface area contributed by atoms with Gasteiger partial charge in [0.05, 0.1) is 6.10 Å². The third kappa shape index (κ3) is 2.38. The van der Waals surface area contributed by atoms with Crippen molar-refractivity contribution in [3.63, 3.8) is 0 Å². The number of nitrogens with zero attached hydrogens (tertiary/aromatic N) is 2. The summed E-state index contributed by atoms with van der Waals surface area (Å²) >= 11 is 0. The number of aromatic nitrogens is 2. The zero-order chi connectivity index (χ0) is 10.7. The van der Waals surface area contributed by atoms with Gasteiger partial charge in [0.25, 0.3) is 0 Å². The van der Waals surface area contributed by atoms with Crippen molar-refractivity contribution < 1.29 is 4.74 Å². The van der Waals surface area contributed by atoms with Gasteiger partial charge in [0.1, 0.15) is 12.4 Å². The van der Waals surface area contributed by atoms with E-state index in [2.05, 4.69) is 16.5 Å². The van der Waals surface area contributed by atoms with Gasteiger partial charge in [-0.15, -0.1) is 0 Å². The standard InChI is InChI=1S/C11H19N3O/c1-2-14-4-3-13-11(14)8-15-10-5-9(6-10)7-12/h3-4,9-10H,2,5-8,12H2,1H3. The van der Waals surface area contributed by atoms with Crippen LogP contribution >= 0.6 is 0 Å². The SMILES string of the molecule is CCn1ccnc1COC1CC(CN)C1. The van der Waals surface area contributed by atoms with E-state index in [-0.39, 0.29) is 0 Å². The lowest BCUT2D eigenvalue weighted by Crippen LogP contribution is -2.35. The summed E-state index contributed by atoms with van der Waals surface area (Å²) in [6.45, 7) is 4.49. The first kappa shape index (κ1) is 10.6. The molecule has 0 saturated heterocycles. The van der Waals surface area contributed by atoms with Crippen LogP contribution < -0.4 is 5.73 Å². The topological polar surface area (TPSA) is 53.1 Å². The lowest BCUT2D eigenvalue weighted by Gasteiger charge is -2.34. The second kappa shape index (κ2) is 4.77. The third-order valence-corrected chi connectivity index (χ3v) is 3.12. The minimum Gasteiger partial charge on any atom is -0.370 e.